The third-order valence-electron chi connectivity index (χ3n) is 1.82. The van der Waals surface area contributed by atoms with Crippen molar-refractivity contribution < 1.29 is 17.9 Å². The van der Waals surface area contributed by atoms with E-state index in [1.54, 1.807) is 0 Å². The Morgan fingerprint density at radius 1 is 1.12 bits per heavy atom. The summed E-state index contributed by atoms with van der Waals surface area (Å²) in [7, 11) is 0. The predicted molar refractivity (Wildman–Crippen MR) is 51.8 cm³/mol. The van der Waals surface area contributed by atoms with Gasteiger partial charge in [0.1, 0.15) is 11.8 Å². The van der Waals surface area contributed by atoms with E-state index in [1.807, 2.05) is 6.07 Å². The van der Waals surface area contributed by atoms with E-state index < -0.39 is 17.3 Å². The van der Waals surface area contributed by atoms with Crippen molar-refractivity contribution in [2.75, 3.05) is 0 Å². The van der Waals surface area contributed by atoms with Gasteiger partial charge >= 0.3 is 6.18 Å². The first-order valence-corrected chi connectivity index (χ1v) is 4.52. The Bertz CT molecular complexity index is 401. The maximum Gasteiger partial charge on any atom is 0.416 e. The van der Waals surface area contributed by atoms with E-state index in [4.69, 9.17) is 10.00 Å². The molecule has 0 unspecified atom stereocenters. The van der Waals surface area contributed by atoms with E-state index in [-0.39, 0.29) is 5.75 Å². The Labute approximate surface area is 91.3 Å². The maximum absolute atomic E-state index is 12.2. The topological polar surface area (TPSA) is 33.0 Å². The molecule has 0 atom stereocenters. The van der Waals surface area contributed by atoms with Crippen molar-refractivity contribution >= 4 is 0 Å². The summed E-state index contributed by atoms with van der Waals surface area (Å²) < 4.78 is 41.9. The lowest BCUT2D eigenvalue weighted by Gasteiger charge is -2.18. The van der Waals surface area contributed by atoms with Gasteiger partial charge in [0.05, 0.1) is 5.56 Å². The summed E-state index contributed by atoms with van der Waals surface area (Å²) >= 11 is 0. The second-order valence-electron chi connectivity index (χ2n) is 3.75. The summed E-state index contributed by atoms with van der Waals surface area (Å²) in [5, 5.41) is 8.68. The van der Waals surface area contributed by atoms with Crippen molar-refractivity contribution in [2.24, 2.45) is 0 Å². The van der Waals surface area contributed by atoms with Gasteiger partial charge in [0, 0.05) is 0 Å². The van der Waals surface area contributed by atoms with Crippen LogP contribution >= 0.6 is 0 Å². The van der Waals surface area contributed by atoms with E-state index in [9.17, 15) is 13.2 Å². The Morgan fingerprint density at radius 2 is 1.62 bits per heavy atom. The van der Waals surface area contributed by atoms with Crippen molar-refractivity contribution in [1.82, 2.24) is 0 Å². The number of ether oxygens (including phenoxy) is 1. The van der Waals surface area contributed by atoms with Crippen LogP contribution in [-0.4, -0.2) is 5.60 Å². The highest BCUT2D eigenvalue weighted by Gasteiger charge is 2.30. The van der Waals surface area contributed by atoms with Gasteiger partial charge in [-0.15, -0.1) is 0 Å². The molecule has 1 rings (SSSR count). The quantitative estimate of drug-likeness (QED) is 0.778. The van der Waals surface area contributed by atoms with Crippen molar-refractivity contribution in [3.8, 4) is 11.8 Å². The minimum Gasteiger partial charge on any atom is -0.473 e. The van der Waals surface area contributed by atoms with Crippen LogP contribution in [0.5, 0.6) is 5.75 Å². The minimum absolute atomic E-state index is 0.236. The molecule has 0 saturated heterocycles. The van der Waals surface area contributed by atoms with E-state index in [2.05, 4.69) is 0 Å². The highest BCUT2D eigenvalue weighted by atomic mass is 19.4. The Balaban J connectivity index is 2.85. The van der Waals surface area contributed by atoms with Crippen LogP contribution in [-0.2, 0) is 6.18 Å². The SMILES string of the molecule is CC(C)(C#N)Oc1ccc(C(F)(F)F)cc1. The summed E-state index contributed by atoms with van der Waals surface area (Å²) in [6.45, 7) is 3.06. The molecule has 0 heterocycles. The molecule has 16 heavy (non-hydrogen) atoms. The van der Waals surface area contributed by atoms with Crippen LogP contribution in [0, 0.1) is 11.3 Å². The average molecular weight is 229 g/mol. The van der Waals surface area contributed by atoms with Gasteiger partial charge < -0.3 is 4.74 Å². The summed E-state index contributed by atoms with van der Waals surface area (Å²) in [4.78, 5) is 0. The Kier molecular flexibility index (Phi) is 3.13. The van der Waals surface area contributed by atoms with Crippen molar-refractivity contribution in [1.29, 1.82) is 5.26 Å². The van der Waals surface area contributed by atoms with E-state index in [0.29, 0.717) is 0 Å². The van der Waals surface area contributed by atoms with Crippen LogP contribution in [0.1, 0.15) is 19.4 Å². The normalized spacial score (nSPS) is 12.0. The maximum atomic E-state index is 12.2. The largest absolute Gasteiger partial charge is 0.473 e. The third-order valence-corrected chi connectivity index (χ3v) is 1.82. The number of alkyl halides is 3. The monoisotopic (exact) mass is 229 g/mol. The number of halogens is 3. The lowest BCUT2D eigenvalue weighted by atomic mass is 10.1. The zero-order valence-electron chi connectivity index (χ0n) is 8.80. The molecule has 1 aromatic carbocycles. The number of hydrogen-bond donors (Lipinski definition) is 0. The molecule has 0 aliphatic rings. The molecule has 0 spiro atoms. The van der Waals surface area contributed by atoms with Crippen molar-refractivity contribution in [2.45, 2.75) is 25.6 Å². The van der Waals surface area contributed by atoms with Crippen LogP contribution in [0.3, 0.4) is 0 Å². The molecule has 0 aliphatic heterocycles. The number of nitriles is 1. The summed E-state index contributed by atoms with van der Waals surface area (Å²) in [6, 6.07) is 6.12. The Morgan fingerprint density at radius 3 is 2.00 bits per heavy atom. The average Bonchev–Trinajstić information content (AvgIpc) is 2.16. The van der Waals surface area contributed by atoms with Gasteiger partial charge in [0.2, 0.25) is 0 Å². The number of benzene rings is 1. The molecule has 0 saturated carbocycles. The minimum atomic E-state index is -4.36. The third kappa shape index (κ3) is 3.16. The lowest BCUT2D eigenvalue weighted by molar-refractivity contribution is -0.137. The standard InChI is InChI=1S/C11H10F3NO/c1-10(2,7-15)16-9-5-3-8(4-6-9)11(12,13)14/h3-6H,1-2H3. The molecular formula is C11H10F3NO. The van der Waals surface area contributed by atoms with E-state index in [0.717, 1.165) is 12.1 Å². The highest BCUT2D eigenvalue weighted by molar-refractivity contribution is 5.29. The summed E-state index contributed by atoms with van der Waals surface area (Å²) in [5.74, 6) is 0.236. The molecule has 2 nitrogen and oxygen atoms in total. The molecule has 0 N–H and O–H groups in total. The van der Waals surface area contributed by atoms with Crippen LogP contribution in [0.2, 0.25) is 0 Å². The van der Waals surface area contributed by atoms with Crippen molar-refractivity contribution in [3.05, 3.63) is 29.8 Å². The number of hydrogen-bond acceptors (Lipinski definition) is 2. The molecular weight excluding hydrogens is 219 g/mol. The van der Waals surface area contributed by atoms with E-state index in [1.165, 1.54) is 26.0 Å². The molecule has 1 aromatic rings. The smallest absolute Gasteiger partial charge is 0.416 e. The van der Waals surface area contributed by atoms with Crippen LogP contribution < -0.4 is 4.74 Å². The fraction of sp³-hybridized carbons (Fsp3) is 0.364. The van der Waals surface area contributed by atoms with Gasteiger partial charge in [0.25, 0.3) is 0 Å². The first-order chi connectivity index (χ1) is 7.24. The molecule has 86 valence electrons. The second-order valence-corrected chi connectivity index (χ2v) is 3.75. The van der Waals surface area contributed by atoms with Crippen molar-refractivity contribution in [3.63, 3.8) is 0 Å². The molecule has 0 radical (unpaired) electrons. The molecule has 0 aliphatic carbocycles. The van der Waals surface area contributed by atoms with Gasteiger partial charge in [-0.1, -0.05) is 0 Å². The molecule has 0 amide bonds. The fourth-order valence-electron chi connectivity index (χ4n) is 1.03. The van der Waals surface area contributed by atoms with Gasteiger partial charge in [-0.3, -0.25) is 0 Å². The van der Waals surface area contributed by atoms with Gasteiger partial charge in [-0.25, -0.2) is 0 Å². The molecule has 0 aromatic heterocycles. The lowest BCUT2D eigenvalue weighted by Crippen LogP contribution is -2.25. The van der Waals surface area contributed by atoms with E-state index >= 15 is 0 Å². The summed E-state index contributed by atoms with van der Waals surface area (Å²) in [6.07, 6.45) is -4.36. The van der Waals surface area contributed by atoms with Crippen LogP contribution in [0.25, 0.3) is 0 Å². The van der Waals surface area contributed by atoms with Crippen LogP contribution in [0.4, 0.5) is 13.2 Å². The highest BCUT2D eigenvalue weighted by Crippen LogP contribution is 2.30. The molecule has 0 fully saturated rings. The second kappa shape index (κ2) is 4.05. The number of nitrogens with zero attached hydrogens (tertiary/aromatic N) is 1. The number of rotatable bonds is 2. The zero-order valence-corrected chi connectivity index (χ0v) is 8.80. The first-order valence-electron chi connectivity index (χ1n) is 4.52. The van der Waals surface area contributed by atoms with Gasteiger partial charge in [0.15, 0.2) is 5.60 Å². The summed E-state index contributed by atoms with van der Waals surface area (Å²) in [5.41, 5.74) is -1.80. The molecule has 5 heteroatoms. The Hall–Kier alpha value is -1.70. The fourth-order valence-corrected chi connectivity index (χ4v) is 1.03. The first kappa shape index (κ1) is 12.4. The predicted octanol–water partition coefficient (Wildman–Crippen LogP) is 3.39. The van der Waals surface area contributed by atoms with Gasteiger partial charge in [-0.2, -0.15) is 18.4 Å². The zero-order chi connectivity index (χ0) is 12.4. The molecule has 0 bridgehead atoms. The van der Waals surface area contributed by atoms with Gasteiger partial charge in [-0.05, 0) is 38.1 Å². The van der Waals surface area contributed by atoms with Crippen LogP contribution in [0.15, 0.2) is 24.3 Å².